The molecule has 0 bridgehead atoms. The first-order valence-corrected chi connectivity index (χ1v) is 13.2. The average Bonchev–Trinajstić information content (AvgIpc) is 3.51. The number of phenolic OH excluding ortho intramolecular Hbond substituents is 1. The highest BCUT2D eigenvalue weighted by molar-refractivity contribution is 6.15. The SMILES string of the molecule is CC(C)c1ccc(/C=C2\Oc3c(ccc(O)c3CN3CCN(Cc4ccc5c(c4)OCO5)CC3)C2=O)cc1. The van der Waals surface area contributed by atoms with Crippen LogP contribution in [0, 0.1) is 0 Å². The van der Waals surface area contributed by atoms with Gasteiger partial charge in [-0.2, -0.15) is 0 Å². The Morgan fingerprint density at radius 2 is 1.61 bits per heavy atom. The predicted octanol–water partition coefficient (Wildman–Crippen LogP) is 5.18. The summed E-state index contributed by atoms with van der Waals surface area (Å²) in [5.41, 5.74) is 4.53. The Bertz CT molecular complexity index is 1390. The lowest BCUT2D eigenvalue weighted by atomic mass is 10.0. The number of hydrogen-bond acceptors (Lipinski definition) is 7. The second-order valence-electron chi connectivity index (χ2n) is 10.4. The van der Waals surface area contributed by atoms with Gasteiger partial charge in [0.25, 0.3) is 0 Å². The Morgan fingerprint density at radius 3 is 2.34 bits per heavy atom. The number of carbonyl (C=O) groups excluding carboxylic acids is 1. The summed E-state index contributed by atoms with van der Waals surface area (Å²) in [5.74, 6) is 2.83. The van der Waals surface area contributed by atoms with Crippen LogP contribution in [-0.4, -0.2) is 53.7 Å². The van der Waals surface area contributed by atoms with Gasteiger partial charge in [-0.15, -0.1) is 0 Å². The second-order valence-corrected chi connectivity index (χ2v) is 10.4. The van der Waals surface area contributed by atoms with E-state index in [2.05, 4.69) is 47.9 Å². The van der Waals surface area contributed by atoms with Crippen molar-refractivity contribution in [3.8, 4) is 23.0 Å². The summed E-state index contributed by atoms with van der Waals surface area (Å²) in [4.78, 5) is 17.8. The highest BCUT2D eigenvalue weighted by atomic mass is 16.7. The van der Waals surface area contributed by atoms with Crippen molar-refractivity contribution in [2.75, 3.05) is 33.0 Å². The zero-order valence-electron chi connectivity index (χ0n) is 21.8. The molecular weight excluding hydrogens is 480 g/mol. The number of ether oxygens (including phenoxy) is 3. The van der Waals surface area contributed by atoms with Crippen LogP contribution in [0.15, 0.2) is 60.4 Å². The van der Waals surface area contributed by atoms with Crippen molar-refractivity contribution in [2.24, 2.45) is 0 Å². The van der Waals surface area contributed by atoms with Gasteiger partial charge in [0, 0.05) is 39.3 Å². The minimum absolute atomic E-state index is 0.150. The number of nitrogens with zero attached hydrogens (tertiary/aromatic N) is 2. The summed E-state index contributed by atoms with van der Waals surface area (Å²) in [7, 11) is 0. The van der Waals surface area contributed by atoms with E-state index in [0.29, 0.717) is 29.3 Å². The number of piperazine rings is 1. The first-order chi connectivity index (χ1) is 18.4. The lowest BCUT2D eigenvalue weighted by Gasteiger charge is -2.35. The smallest absolute Gasteiger partial charge is 0.231 e. The highest BCUT2D eigenvalue weighted by Gasteiger charge is 2.32. The van der Waals surface area contributed by atoms with E-state index in [9.17, 15) is 9.90 Å². The molecule has 0 saturated carbocycles. The second kappa shape index (κ2) is 10.2. The van der Waals surface area contributed by atoms with Crippen molar-refractivity contribution in [1.82, 2.24) is 9.80 Å². The van der Waals surface area contributed by atoms with Gasteiger partial charge < -0.3 is 19.3 Å². The van der Waals surface area contributed by atoms with Gasteiger partial charge >= 0.3 is 0 Å². The Hall–Kier alpha value is -3.81. The molecule has 1 N–H and O–H groups in total. The van der Waals surface area contributed by atoms with Crippen molar-refractivity contribution in [1.29, 1.82) is 0 Å². The molecule has 7 nitrogen and oxygen atoms in total. The Balaban J connectivity index is 1.12. The first-order valence-electron chi connectivity index (χ1n) is 13.2. The molecule has 1 saturated heterocycles. The quantitative estimate of drug-likeness (QED) is 0.457. The Kier molecular flexibility index (Phi) is 6.55. The molecule has 7 heteroatoms. The molecule has 3 aliphatic heterocycles. The number of rotatable bonds is 6. The van der Waals surface area contributed by atoms with Crippen molar-refractivity contribution in [3.05, 3.63) is 88.2 Å². The molecule has 0 radical (unpaired) electrons. The van der Waals surface area contributed by atoms with Gasteiger partial charge in [0.1, 0.15) is 11.5 Å². The zero-order valence-corrected chi connectivity index (χ0v) is 21.8. The van der Waals surface area contributed by atoms with Gasteiger partial charge in [0.05, 0.1) is 11.1 Å². The molecule has 3 aromatic rings. The average molecular weight is 513 g/mol. The molecule has 0 atom stereocenters. The third-order valence-electron chi connectivity index (χ3n) is 7.51. The molecule has 0 aromatic heterocycles. The molecule has 3 aliphatic rings. The third-order valence-corrected chi connectivity index (χ3v) is 7.51. The van der Waals surface area contributed by atoms with Gasteiger partial charge in [-0.3, -0.25) is 14.6 Å². The Labute approximate surface area is 222 Å². The van der Waals surface area contributed by atoms with Crippen LogP contribution in [0.3, 0.4) is 0 Å². The van der Waals surface area contributed by atoms with Gasteiger partial charge in [0.2, 0.25) is 12.6 Å². The van der Waals surface area contributed by atoms with Crippen LogP contribution in [0.25, 0.3) is 6.08 Å². The molecule has 6 rings (SSSR count). The minimum atomic E-state index is -0.150. The fraction of sp³-hybridized carbons (Fsp3) is 0.323. The molecule has 3 heterocycles. The molecule has 0 unspecified atom stereocenters. The molecule has 0 aliphatic carbocycles. The van der Waals surface area contributed by atoms with Crippen molar-refractivity contribution in [3.63, 3.8) is 0 Å². The fourth-order valence-electron chi connectivity index (χ4n) is 5.20. The Morgan fingerprint density at radius 1 is 0.895 bits per heavy atom. The summed E-state index contributed by atoms with van der Waals surface area (Å²) < 4.78 is 17.0. The summed E-state index contributed by atoms with van der Waals surface area (Å²) >= 11 is 0. The van der Waals surface area contributed by atoms with E-state index >= 15 is 0 Å². The number of aromatic hydroxyl groups is 1. The van der Waals surface area contributed by atoms with Crippen molar-refractivity contribution in [2.45, 2.75) is 32.9 Å². The number of phenols is 1. The number of allylic oxidation sites excluding steroid dienone is 1. The van der Waals surface area contributed by atoms with Crippen LogP contribution < -0.4 is 14.2 Å². The van der Waals surface area contributed by atoms with Gasteiger partial charge in [-0.25, -0.2) is 0 Å². The molecule has 196 valence electrons. The van der Waals surface area contributed by atoms with Crippen LogP contribution in [0.4, 0.5) is 0 Å². The maximum atomic E-state index is 13.1. The largest absolute Gasteiger partial charge is 0.507 e. The summed E-state index contributed by atoms with van der Waals surface area (Å²) in [6.45, 7) is 9.48. The van der Waals surface area contributed by atoms with Gasteiger partial charge in [0.15, 0.2) is 17.3 Å². The lowest BCUT2D eigenvalue weighted by molar-refractivity contribution is 0.101. The topological polar surface area (TPSA) is 71.5 Å². The number of ketones is 1. The van der Waals surface area contributed by atoms with E-state index < -0.39 is 0 Å². The summed E-state index contributed by atoms with van der Waals surface area (Å²) in [5, 5.41) is 10.7. The predicted molar refractivity (Wildman–Crippen MR) is 145 cm³/mol. The van der Waals surface area contributed by atoms with Gasteiger partial charge in [-0.05, 0) is 52.9 Å². The zero-order chi connectivity index (χ0) is 26.2. The highest BCUT2D eigenvalue weighted by Crippen LogP contribution is 2.40. The lowest BCUT2D eigenvalue weighted by Crippen LogP contribution is -2.45. The van der Waals surface area contributed by atoms with Crippen LogP contribution in [0.2, 0.25) is 0 Å². The number of Topliss-reactive ketones (excluding diaryl/α,β-unsaturated/α-hetero) is 1. The number of fused-ring (bicyclic) bond motifs is 2. The van der Waals surface area contributed by atoms with Crippen molar-refractivity contribution < 1.29 is 24.1 Å². The molecular formula is C31H32N2O5. The first kappa shape index (κ1) is 24.5. The summed E-state index contributed by atoms with van der Waals surface area (Å²) in [6.07, 6.45) is 1.78. The van der Waals surface area contributed by atoms with Crippen LogP contribution >= 0.6 is 0 Å². The maximum absolute atomic E-state index is 13.1. The summed E-state index contributed by atoms with van der Waals surface area (Å²) in [6, 6.07) is 17.5. The van der Waals surface area contributed by atoms with E-state index in [1.54, 1.807) is 18.2 Å². The maximum Gasteiger partial charge on any atom is 0.231 e. The van der Waals surface area contributed by atoms with Crippen molar-refractivity contribution >= 4 is 11.9 Å². The van der Waals surface area contributed by atoms with Crippen LogP contribution in [0.5, 0.6) is 23.0 Å². The van der Waals surface area contributed by atoms with E-state index in [1.807, 2.05) is 18.2 Å². The van der Waals surface area contributed by atoms with E-state index in [0.717, 1.165) is 49.8 Å². The van der Waals surface area contributed by atoms with E-state index in [1.165, 1.54) is 11.1 Å². The standard InChI is InChI=1S/C31H32N2O5/c1-20(2)23-6-3-21(4-7-23)15-29-30(35)24-8-9-26(34)25(31(24)38-29)18-33-13-11-32(12-14-33)17-22-5-10-27-28(16-22)37-19-36-27/h3-10,15-16,20,34H,11-14,17-19H2,1-2H3/b29-15-. The molecule has 0 amide bonds. The molecule has 38 heavy (non-hydrogen) atoms. The van der Waals surface area contributed by atoms with Crippen LogP contribution in [-0.2, 0) is 13.1 Å². The third kappa shape index (κ3) is 4.87. The molecule has 0 spiro atoms. The monoisotopic (exact) mass is 512 g/mol. The fourth-order valence-corrected chi connectivity index (χ4v) is 5.20. The minimum Gasteiger partial charge on any atom is -0.507 e. The number of carbonyl (C=O) groups is 1. The van der Waals surface area contributed by atoms with E-state index in [4.69, 9.17) is 14.2 Å². The molecule has 1 fully saturated rings. The van der Waals surface area contributed by atoms with E-state index in [-0.39, 0.29) is 24.1 Å². The number of benzene rings is 3. The van der Waals surface area contributed by atoms with Gasteiger partial charge in [-0.1, -0.05) is 44.2 Å². The normalized spacial score (nSPS) is 18.3. The number of hydrogen-bond donors (Lipinski definition) is 1. The van der Waals surface area contributed by atoms with Crippen LogP contribution in [0.1, 0.15) is 52.4 Å². The molecule has 3 aromatic carbocycles.